The number of hydrogen-bond acceptors (Lipinski definition) is 2. The predicted octanol–water partition coefficient (Wildman–Crippen LogP) is 2.95. The summed E-state index contributed by atoms with van der Waals surface area (Å²) < 4.78 is 2.35. The van der Waals surface area contributed by atoms with Gasteiger partial charge in [0.2, 0.25) is 0 Å². The van der Waals surface area contributed by atoms with E-state index in [0.717, 1.165) is 4.57 Å². The van der Waals surface area contributed by atoms with Crippen molar-refractivity contribution in [2.45, 2.75) is 0 Å². The van der Waals surface area contributed by atoms with E-state index in [1.165, 1.54) is 17.7 Å². The van der Waals surface area contributed by atoms with E-state index in [9.17, 15) is 9.59 Å². The number of aldehydes is 1. The first-order chi connectivity index (χ1) is 8.47. The lowest BCUT2D eigenvalue weighted by Gasteiger charge is -2.04. The maximum atomic E-state index is 12.0. The summed E-state index contributed by atoms with van der Waals surface area (Å²) in [5.41, 5.74) is 0.122. The average Bonchev–Trinajstić information content (AvgIpc) is 2.54. The number of nitrogens with zero attached hydrogens (tertiary/aromatic N) is 2. The van der Waals surface area contributed by atoms with Gasteiger partial charge in [0, 0.05) is 7.05 Å². The van der Waals surface area contributed by atoms with Crippen LogP contribution in [-0.2, 0) is 7.05 Å². The molecule has 2 rings (SSSR count). The largest absolute Gasteiger partial charge is 0.334 e. The molecule has 7 heteroatoms. The van der Waals surface area contributed by atoms with Crippen LogP contribution in [0.1, 0.15) is 10.5 Å². The van der Waals surface area contributed by atoms with Crippen molar-refractivity contribution in [3.8, 4) is 5.69 Å². The highest BCUT2D eigenvalue weighted by Crippen LogP contribution is 2.26. The van der Waals surface area contributed by atoms with Gasteiger partial charge < -0.3 is 0 Å². The van der Waals surface area contributed by atoms with E-state index >= 15 is 0 Å². The Hall–Kier alpha value is -1.23. The lowest BCUT2D eigenvalue weighted by atomic mass is 10.3. The lowest BCUT2D eigenvalue weighted by molar-refractivity contribution is 0.111. The minimum absolute atomic E-state index is 0.0379. The highest BCUT2D eigenvalue weighted by atomic mass is 35.5. The summed E-state index contributed by atoms with van der Waals surface area (Å²) in [6.07, 6.45) is 0.526. The minimum Gasteiger partial charge on any atom is -0.296 e. The summed E-state index contributed by atoms with van der Waals surface area (Å²) in [5.74, 6) is 0. The third kappa shape index (κ3) is 1.96. The number of hydrogen-bond donors (Lipinski definition) is 0. The van der Waals surface area contributed by atoms with Crippen molar-refractivity contribution >= 4 is 41.1 Å². The van der Waals surface area contributed by atoms with Crippen LogP contribution in [0.2, 0.25) is 15.2 Å². The van der Waals surface area contributed by atoms with Crippen molar-refractivity contribution in [3.63, 3.8) is 0 Å². The fraction of sp³-hybridized carbons (Fsp3) is 0.0909. The van der Waals surface area contributed by atoms with Crippen molar-refractivity contribution in [1.82, 2.24) is 9.13 Å². The van der Waals surface area contributed by atoms with Gasteiger partial charge in [0.1, 0.15) is 10.8 Å². The molecular formula is C11H7Cl3N2O2. The molecule has 4 nitrogen and oxygen atoms in total. The van der Waals surface area contributed by atoms with E-state index in [-0.39, 0.29) is 10.8 Å². The van der Waals surface area contributed by atoms with Gasteiger partial charge in [-0.2, -0.15) is 0 Å². The fourth-order valence-corrected chi connectivity index (χ4v) is 2.20. The Bertz CT molecular complexity index is 688. The number of carbonyl (C=O) groups excluding carboxylic acids is 1. The number of carbonyl (C=O) groups is 1. The van der Waals surface area contributed by atoms with Gasteiger partial charge in [-0.1, -0.05) is 34.8 Å². The quantitative estimate of drug-likeness (QED) is 0.801. The summed E-state index contributed by atoms with van der Waals surface area (Å²) in [6, 6.07) is 4.65. The van der Waals surface area contributed by atoms with Gasteiger partial charge in [-0.25, -0.2) is 4.79 Å². The third-order valence-electron chi connectivity index (χ3n) is 2.52. The van der Waals surface area contributed by atoms with Crippen LogP contribution >= 0.6 is 34.8 Å². The number of aromatic nitrogens is 2. The van der Waals surface area contributed by atoms with Crippen LogP contribution in [-0.4, -0.2) is 15.4 Å². The van der Waals surface area contributed by atoms with E-state index < -0.39 is 5.69 Å². The molecule has 0 amide bonds. The summed E-state index contributed by atoms with van der Waals surface area (Å²) in [5, 5.41) is 0.709. The second-order valence-corrected chi connectivity index (χ2v) is 4.74. The summed E-state index contributed by atoms with van der Waals surface area (Å²) in [7, 11) is 1.46. The minimum atomic E-state index is -0.430. The van der Waals surface area contributed by atoms with Crippen LogP contribution in [0.25, 0.3) is 5.69 Å². The Labute approximate surface area is 117 Å². The Morgan fingerprint density at radius 1 is 1.17 bits per heavy atom. The topological polar surface area (TPSA) is 44.0 Å². The SMILES string of the molecule is Cn1c(C=O)c(Cl)n(-c2ccc(Cl)c(Cl)c2)c1=O. The van der Waals surface area contributed by atoms with Crippen molar-refractivity contribution in [2.24, 2.45) is 7.05 Å². The molecule has 0 aliphatic carbocycles. The van der Waals surface area contributed by atoms with Crippen molar-refractivity contribution in [1.29, 1.82) is 0 Å². The van der Waals surface area contributed by atoms with E-state index in [2.05, 4.69) is 0 Å². The van der Waals surface area contributed by atoms with E-state index in [1.54, 1.807) is 12.1 Å². The number of imidazole rings is 1. The summed E-state index contributed by atoms with van der Waals surface area (Å²) in [4.78, 5) is 22.8. The monoisotopic (exact) mass is 304 g/mol. The lowest BCUT2D eigenvalue weighted by Crippen LogP contribution is -2.21. The van der Waals surface area contributed by atoms with Gasteiger partial charge in [0.25, 0.3) is 0 Å². The first kappa shape index (κ1) is 13.2. The van der Waals surface area contributed by atoms with Gasteiger partial charge in [-0.05, 0) is 18.2 Å². The highest BCUT2D eigenvalue weighted by Gasteiger charge is 2.17. The molecule has 0 saturated carbocycles. The molecule has 2 aromatic rings. The van der Waals surface area contributed by atoms with Crippen LogP contribution < -0.4 is 5.69 Å². The Balaban J connectivity index is 2.75. The van der Waals surface area contributed by atoms with Gasteiger partial charge in [-0.3, -0.25) is 13.9 Å². The smallest absolute Gasteiger partial charge is 0.296 e. The van der Waals surface area contributed by atoms with Gasteiger partial charge in [0.15, 0.2) is 6.29 Å². The normalized spacial score (nSPS) is 10.7. The van der Waals surface area contributed by atoms with Crippen LogP contribution in [0.4, 0.5) is 0 Å². The van der Waals surface area contributed by atoms with E-state index in [1.807, 2.05) is 0 Å². The van der Waals surface area contributed by atoms with E-state index in [4.69, 9.17) is 34.8 Å². The van der Waals surface area contributed by atoms with Crippen molar-refractivity contribution in [2.75, 3.05) is 0 Å². The Kier molecular flexibility index (Phi) is 3.52. The number of halogens is 3. The zero-order valence-corrected chi connectivity index (χ0v) is 11.4. The zero-order valence-electron chi connectivity index (χ0n) is 9.15. The van der Waals surface area contributed by atoms with Crippen LogP contribution in [0, 0.1) is 0 Å². The molecule has 0 saturated heterocycles. The molecule has 18 heavy (non-hydrogen) atoms. The Morgan fingerprint density at radius 2 is 1.83 bits per heavy atom. The number of rotatable bonds is 2. The van der Waals surface area contributed by atoms with Gasteiger partial charge in [0.05, 0.1) is 15.7 Å². The molecule has 0 N–H and O–H groups in total. The molecule has 0 unspecified atom stereocenters. The van der Waals surface area contributed by atoms with Crippen LogP contribution in [0.3, 0.4) is 0 Å². The van der Waals surface area contributed by atoms with Crippen molar-refractivity contribution < 1.29 is 4.79 Å². The molecule has 0 spiro atoms. The van der Waals surface area contributed by atoms with Crippen LogP contribution in [0.5, 0.6) is 0 Å². The molecule has 0 radical (unpaired) electrons. The van der Waals surface area contributed by atoms with Crippen molar-refractivity contribution in [3.05, 3.63) is 49.6 Å². The molecule has 0 aliphatic rings. The maximum absolute atomic E-state index is 12.0. The summed E-state index contributed by atoms with van der Waals surface area (Å²) in [6.45, 7) is 0. The number of benzene rings is 1. The van der Waals surface area contributed by atoms with Crippen LogP contribution in [0.15, 0.2) is 23.0 Å². The second kappa shape index (κ2) is 4.80. The zero-order chi connectivity index (χ0) is 13.4. The molecule has 0 fully saturated rings. The highest BCUT2D eigenvalue weighted by molar-refractivity contribution is 6.42. The average molecular weight is 306 g/mol. The first-order valence-electron chi connectivity index (χ1n) is 4.85. The fourth-order valence-electron chi connectivity index (χ4n) is 1.57. The maximum Gasteiger partial charge on any atom is 0.334 e. The molecular weight excluding hydrogens is 298 g/mol. The molecule has 1 aromatic carbocycles. The molecule has 0 aliphatic heterocycles. The van der Waals surface area contributed by atoms with E-state index in [0.29, 0.717) is 22.0 Å². The molecule has 0 atom stereocenters. The van der Waals surface area contributed by atoms with Gasteiger partial charge in [-0.15, -0.1) is 0 Å². The second-order valence-electron chi connectivity index (χ2n) is 3.57. The molecule has 94 valence electrons. The first-order valence-corrected chi connectivity index (χ1v) is 5.98. The van der Waals surface area contributed by atoms with Gasteiger partial charge >= 0.3 is 5.69 Å². The molecule has 1 aromatic heterocycles. The molecule has 0 bridgehead atoms. The Morgan fingerprint density at radius 3 is 2.33 bits per heavy atom. The summed E-state index contributed by atoms with van der Waals surface area (Å²) >= 11 is 17.7. The third-order valence-corrected chi connectivity index (χ3v) is 3.62. The standard InChI is InChI=1S/C11H7Cl3N2O2/c1-15-9(5-17)10(14)16(11(15)18)6-2-3-7(12)8(13)4-6/h2-5H,1H3. The molecule has 1 heterocycles. The predicted molar refractivity (Wildman–Crippen MR) is 71.4 cm³/mol.